The zero-order valence-corrected chi connectivity index (χ0v) is 16.8. The molecule has 4 heteroatoms. The number of furan rings is 1. The fourth-order valence-electron chi connectivity index (χ4n) is 4.20. The Hall–Kier alpha value is -2.46. The Morgan fingerprint density at radius 3 is 2.19 bits per heavy atom. The Morgan fingerprint density at radius 2 is 1.52 bits per heavy atom. The second-order valence-electron chi connectivity index (χ2n) is 7.74. The summed E-state index contributed by atoms with van der Waals surface area (Å²) in [6.07, 6.45) is 0. The van der Waals surface area contributed by atoms with Gasteiger partial charge in [0.05, 0.1) is 12.2 Å². The van der Waals surface area contributed by atoms with Gasteiger partial charge >= 0.3 is 0 Å². The van der Waals surface area contributed by atoms with Gasteiger partial charge in [0.1, 0.15) is 5.76 Å². The Balaban J connectivity index is 1.54. The van der Waals surface area contributed by atoms with Gasteiger partial charge in [-0.15, -0.1) is 0 Å². The third-order valence-corrected chi connectivity index (χ3v) is 6.26. The largest absolute Gasteiger partial charge is 0.457 e. The molecule has 0 aliphatic carbocycles. The first-order chi connectivity index (χ1) is 13.0. The lowest BCUT2D eigenvalue weighted by molar-refractivity contribution is 0.232. The zero-order valence-electron chi connectivity index (χ0n) is 16.8. The van der Waals surface area contributed by atoms with Gasteiger partial charge < -0.3 is 15.1 Å². The fraction of sp³-hybridized carbons (Fsp3) is 0.391. The second-order valence-corrected chi connectivity index (χ2v) is 7.74. The molecule has 1 aliphatic rings. The van der Waals surface area contributed by atoms with Crippen molar-refractivity contribution in [3.63, 3.8) is 0 Å². The normalized spacial score (nSPS) is 15.6. The van der Waals surface area contributed by atoms with Crippen LogP contribution in [0.5, 0.6) is 0 Å². The lowest BCUT2D eigenvalue weighted by atomic mass is 9.96. The molecule has 0 radical (unpaired) electrons. The molecular weight excluding hydrogens is 334 g/mol. The molecule has 0 amide bonds. The summed E-state index contributed by atoms with van der Waals surface area (Å²) < 4.78 is 6.28. The molecule has 0 spiro atoms. The summed E-state index contributed by atoms with van der Waals surface area (Å²) in [5.41, 5.74) is 14.3. The zero-order chi connectivity index (χ0) is 19.1. The highest BCUT2D eigenvalue weighted by Crippen LogP contribution is 2.37. The maximum absolute atomic E-state index is 6.37. The van der Waals surface area contributed by atoms with Gasteiger partial charge in [0.15, 0.2) is 5.58 Å². The van der Waals surface area contributed by atoms with Gasteiger partial charge in [-0.25, -0.2) is 0 Å². The van der Waals surface area contributed by atoms with Crippen molar-refractivity contribution in [2.45, 2.75) is 34.2 Å². The Labute approximate surface area is 161 Å². The van der Waals surface area contributed by atoms with Crippen molar-refractivity contribution < 1.29 is 4.42 Å². The number of fused-ring (bicyclic) bond motifs is 1. The van der Waals surface area contributed by atoms with Gasteiger partial charge in [0.2, 0.25) is 0 Å². The number of aryl methyl sites for hydroxylation is 2. The predicted molar refractivity (Wildman–Crippen MR) is 114 cm³/mol. The first-order valence-corrected chi connectivity index (χ1v) is 9.77. The minimum Gasteiger partial charge on any atom is -0.457 e. The molecule has 27 heavy (non-hydrogen) atoms. The lowest BCUT2D eigenvalue weighted by Crippen LogP contribution is -2.45. The van der Waals surface area contributed by atoms with Crippen LogP contribution in [0.15, 0.2) is 34.7 Å². The van der Waals surface area contributed by atoms with Crippen molar-refractivity contribution in [2.75, 3.05) is 36.8 Å². The molecule has 0 saturated carbocycles. The van der Waals surface area contributed by atoms with E-state index in [0.717, 1.165) is 55.3 Å². The molecule has 0 atom stereocenters. The summed E-state index contributed by atoms with van der Waals surface area (Å²) in [5.74, 6) is 1.05. The maximum Gasteiger partial charge on any atom is 0.158 e. The smallest absolute Gasteiger partial charge is 0.158 e. The van der Waals surface area contributed by atoms with Crippen LogP contribution in [0.25, 0.3) is 11.0 Å². The van der Waals surface area contributed by atoms with E-state index in [9.17, 15) is 0 Å². The number of rotatable bonds is 3. The molecule has 2 aromatic carbocycles. The number of para-hydroxylation sites is 1. The number of nitrogens with zero attached hydrogens (tertiary/aromatic N) is 2. The molecule has 1 saturated heterocycles. The van der Waals surface area contributed by atoms with E-state index in [1.54, 1.807) is 0 Å². The van der Waals surface area contributed by atoms with E-state index in [4.69, 9.17) is 10.2 Å². The molecule has 4 rings (SSSR count). The summed E-state index contributed by atoms with van der Waals surface area (Å²) in [6, 6.07) is 10.7. The van der Waals surface area contributed by atoms with E-state index in [1.165, 1.54) is 27.8 Å². The third kappa shape index (κ3) is 3.08. The van der Waals surface area contributed by atoms with E-state index in [1.807, 2.05) is 0 Å². The first kappa shape index (κ1) is 17.9. The third-order valence-electron chi connectivity index (χ3n) is 6.26. The van der Waals surface area contributed by atoms with Gasteiger partial charge in [-0.1, -0.05) is 18.2 Å². The van der Waals surface area contributed by atoms with Crippen LogP contribution < -0.4 is 10.6 Å². The van der Waals surface area contributed by atoms with Crippen LogP contribution in [0.1, 0.15) is 28.0 Å². The van der Waals surface area contributed by atoms with E-state index >= 15 is 0 Å². The highest BCUT2D eigenvalue weighted by molar-refractivity contribution is 5.96. The summed E-state index contributed by atoms with van der Waals surface area (Å²) in [7, 11) is 0. The minimum atomic E-state index is 0.788. The van der Waals surface area contributed by atoms with Crippen LogP contribution in [0.3, 0.4) is 0 Å². The molecule has 2 N–H and O–H groups in total. The van der Waals surface area contributed by atoms with E-state index in [0.29, 0.717) is 0 Å². The van der Waals surface area contributed by atoms with Crippen LogP contribution in [-0.2, 0) is 6.54 Å². The number of nitrogen functional groups attached to an aromatic ring is 1. The van der Waals surface area contributed by atoms with Crippen LogP contribution in [-0.4, -0.2) is 31.1 Å². The molecule has 142 valence electrons. The average molecular weight is 364 g/mol. The quantitative estimate of drug-likeness (QED) is 0.692. The van der Waals surface area contributed by atoms with Crippen LogP contribution in [0, 0.1) is 27.7 Å². The predicted octanol–water partition coefficient (Wildman–Crippen LogP) is 4.57. The van der Waals surface area contributed by atoms with Crippen molar-refractivity contribution in [3.8, 4) is 0 Å². The Bertz CT molecular complexity index is 967. The van der Waals surface area contributed by atoms with Crippen LogP contribution in [0.4, 0.5) is 11.4 Å². The highest BCUT2D eigenvalue weighted by atomic mass is 16.3. The van der Waals surface area contributed by atoms with Crippen molar-refractivity contribution in [1.82, 2.24) is 4.90 Å². The number of benzene rings is 2. The number of hydrogen-bond donors (Lipinski definition) is 1. The summed E-state index contributed by atoms with van der Waals surface area (Å²) in [4.78, 5) is 4.94. The molecule has 0 bridgehead atoms. The van der Waals surface area contributed by atoms with Crippen molar-refractivity contribution in [2.24, 2.45) is 0 Å². The van der Waals surface area contributed by atoms with Crippen molar-refractivity contribution in [1.29, 1.82) is 0 Å². The molecule has 4 nitrogen and oxygen atoms in total. The van der Waals surface area contributed by atoms with Gasteiger partial charge in [0, 0.05) is 42.8 Å². The van der Waals surface area contributed by atoms with E-state index < -0.39 is 0 Å². The lowest BCUT2D eigenvalue weighted by Gasteiger charge is -2.35. The molecule has 3 aromatic rings. The fourth-order valence-corrected chi connectivity index (χ4v) is 4.20. The highest BCUT2D eigenvalue weighted by Gasteiger charge is 2.22. The number of nitrogens with two attached hydrogens (primary N) is 1. The molecule has 2 heterocycles. The monoisotopic (exact) mass is 363 g/mol. The maximum atomic E-state index is 6.37. The molecule has 1 fully saturated rings. The number of piperazine rings is 1. The topological polar surface area (TPSA) is 45.6 Å². The molecular formula is C23H29N3O. The first-order valence-electron chi connectivity index (χ1n) is 9.77. The van der Waals surface area contributed by atoms with Crippen molar-refractivity contribution in [3.05, 3.63) is 58.3 Å². The van der Waals surface area contributed by atoms with Crippen LogP contribution >= 0.6 is 0 Å². The van der Waals surface area contributed by atoms with Gasteiger partial charge in [-0.05, 0) is 56.5 Å². The molecule has 0 unspecified atom stereocenters. The molecule has 1 aliphatic heterocycles. The SMILES string of the molecule is Cc1c(C)c(C)c2c(C)c(CN3CCN(c4ccccc4)CC3)oc2c1N. The van der Waals surface area contributed by atoms with Gasteiger partial charge in [-0.2, -0.15) is 0 Å². The second kappa shape index (κ2) is 6.93. The molecule has 1 aromatic heterocycles. The number of anilines is 2. The average Bonchev–Trinajstić information content (AvgIpc) is 3.02. The minimum absolute atomic E-state index is 0.788. The summed E-state index contributed by atoms with van der Waals surface area (Å²) in [5, 5.41) is 1.20. The van der Waals surface area contributed by atoms with Gasteiger partial charge in [0.25, 0.3) is 0 Å². The van der Waals surface area contributed by atoms with E-state index in [-0.39, 0.29) is 0 Å². The van der Waals surface area contributed by atoms with Crippen molar-refractivity contribution >= 4 is 22.3 Å². The van der Waals surface area contributed by atoms with Gasteiger partial charge in [-0.3, -0.25) is 4.90 Å². The van der Waals surface area contributed by atoms with E-state index in [2.05, 4.69) is 67.8 Å². The standard InChI is InChI=1S/C23H29N3O/c1-15-16(2)21-18(4)20(27-23(21)22(24)17(15)3)14-25-10-12-26(13-11-25)19-8-6-5-7-9-19/h5-9H,10-14,24H2,1-4H3. The summed E-state index contributed by atoms with van der Waals surface area (Å²) in [6.45, 7) is 13.6. The summed E-state index contributed by atoms with van der Waals surface area (Å²) >= 11 is 0. The Morgan fingerprint density at radius 1 is 0.852 bits per heavy atom. The number of hydrogen-bond acceptors (Lipinski definition) is 4. The Kier molecular flexibility index (Phi) is 4.60. The van der Waals surface area contributed by atoms with Crippen LogP contribution in [0.2, 0.25) is 0 Å².